The molecule has 0 aromatic carbocycles. The Bertz CT molecular complexity index is 258. The smallest absolute Gasteiger partial charge is 0.239 e. The molecule has 2 saturated heterocycles. The predicted molar refractivity (Wildman–Crippen MR) is 66.9 cm³/mol. The molecule has 98 valence electrons. The Hall–Kier alpha value is -0.610. The first-order valence-corrected chi connectivity index (χ1v) is 6.79. The summed E-state index contributed by atoms with van der Waals surface area (Å²) in [6.45, 7) is 5.65. The normalized spacial score (nSPS) is 26.8. The van der Waals surface area contributed by atoms with Gasteiger partial charge < -0.3 is 9.64 Å². The maximum Gasteiger partial charge on any atom is 0.239 e. The molecule has 0 aromatic heterocycles. The number of rotatable bonds is 4. The maximum atomic E-state index is 12.2. The second kappa shape index (κ2) is 5.83. The average molecular weight is 240 g/mol. The molecule has 2 heterocycles. The monoisotopic (exact) mass is 240 g/mol. The van der Waals surface area contributed by atoms with Crippen LogP contribution < -0.4 is 0 Å². The van der Waals surface area contributed by atoms with E-state index in [4.69, 9.17) is 4.74 Å². The molecular weight excluding hydrogens is 216 g/mol. The van der Waals surface area contributed by atoms with Crippen LogP contribution in [-0.4, -0.2) is 61.1 Å². The molecule has 4 heteroatoms. The highest BCUT2D eigenvalue weighted by Crippen LogP contribution is 2.15. The molecular formula is C13H24N2O2. The van der Waals surface area contributed by atoms with Crippen LogP contribution in [0.5, 0.6) is 0 Å². The maximum absolute atomic E-state index is 12.2. The molecule has 2 aliphatic rings. The molecule has 2 rings (SSSR count). The Labute approximate surface area is 104 Å². The Morgan fingerprint density at radius 2 is 2.12 bits per heavy atom. The van der Waals surface area contributed by atoms with E-state index in [1.165, 1.54) is 0 Å². The summed E-state index contributed by atoms with van der Waals surface area (Å²) in [7, 11) is 2.03. The third-order valence-electron chi connectivity index (χ3n) is 3.95. The van der Waals surface area contributed by atoms with Crippen molar-refractivity contribution >= 4 is 5.91 Å². The van der Waals surface area contributed by atoms with Crippen LogP contribution in [0.2, 0.25) is 0 Å². The lowest BCUT2D eigenvalue weighted by Gasteiger charge is -2.29. The van der Waals surface area contributed by atoms with Crippen molar-refractivity contribution in [1.29, 1.82) is 0 Å². The van der Waals surface area contributed by atoms with E-state index in [0.29, 0.717) is 6.10 Å². The third-order valence-corrected chi connectivity index (χ3v) is 3.95. The largest absolute Gasteiger partial charge is 0.377 e. The van der Waals surface area contributed by atoms with Crippen molar-refractivity contribution in [2.45, 2.75) is 44.8 Å². The summed E-state index contributed by atoms with van der Waals surface area (Å²) in [6, 6.07) is -0.0164. The molecule has 1 amide bonds. The number of carbonyl (C=O) groups excluding carboxylic acids is 1. The summed E-state index contributed by atoms with van der Waals surface area (Å²) >= 11 is 0. The Balaban J connectivity index is 1.80. The molecule has 4 nitrogen and oxygen atoms in total. The summed E-state index contributed by atoms with van der Waals surface area (Å²) in [6.07, 6.45) is 4.94. The molecule has 0 saturated carbocycles. The molecule has 17 heavy (non-hydrogen) atoms. The van der Waals surface area contributed by atoms with Gasteiger partial charge >= 0.3 is 0 Å². The van der Waals surface area contributed by atoms with E-state index in [1.54, 1.807) is 0 Å². The number of carbonyl (C=O) groups is 1. The minimum Gasteiger partial charge on any atom is -0.377 e. The minimum atomic E-state index is -0.0164. The molecule has 0 radical (unpaired) electrons. The Kier molecular flexibility index (Phi) is 4.40. The number of hydrogen-bond acceptors (Lipinski definition) is 3. The zero-order chi connectivity index (χ0) is 12.3. The van der Waals surface area contributed by atoms with Crippen LogP contribution in [-0.2, 0) is 9.53 Å². The lowest BCUT2D eigenvalue weighted by Crippen LogP contribution is -2.46. The third kappa shape index (κ3) is 3.19. The molecule has 2 aliphatic heterocycles. The average Bonchev–Trinajstić information content (AvgIpc) is 2.99. The first-order chi connectivity index (χ1) is 8.18. The van der Waals surface area contributed by atoms with Crippen LogP contribution in [0.1, 0.15) is 32.6 Å². The van der Waals surface area contributed by atoms with Gasteiger partial charge in [0.2, 0.25) is 5.91 Å². The number of likely N-dealkylation sites (N-methyl/N-ethyl adjacent to an activating group) is 1. The standard InChI is InChI=1S/C13H24N2O2/c1-11(13(16)15-7-3-4-8-15)14(2)10-12-6-5-9-17-12/h11-12H,3-10H2,1-2H3/t11-,12+/m0/s1. The summed E-state index contributed by atoms with van der Waals surface area (Å²) in [5, 5.41) is 0. The Morgan fingerprint density at radius 1 is 1.41 bits per heavy atom. The van der Waals surface area contributed by atoms with Crippen LogP contribution >= 0.6 is 0 Å². The number of amides is 1. The van der Waals surface area contributed by atoms with Gasteiger partial charge in [0, 0.05) is 26.2 Å². The molecule has 0 aromatic rings. The van der Waals surface area contributed by atoms with Crippen molar-refractivity contribution in [2.75, 3.05) is 33.3 Å². The van der Waals surface area contributed by atoms with Crippen LogP contribution in [0.4, 0.5) is 0 Å². The van der Waals surface area contributed by atoms with Gasteiger partial charge in [0.05, 0.1) is 12.1 Å². The van der Waals surface area contributed by atoms with Crippen molar-refractivity contribution < 1.29 is 9.53 Å². The second-order valence-corrected chi connectivity index (χ2v) is 5.28. The van der Waals surface area contributed by atoms with Crippen molar-refractivity contribution in [1.82, 2.24) is 9.80 Å². The van der Waals surface area contributed by atoms with E-state index in [1.807, 2.05) is 18.9 Å². The zero-order valence-electron chi connectivity index (χ0n) is 11.0. The highest BCUT2D eigenvalue weighted by Gasteiger charge is 2.28. The van der Waals surface area contributed by atoms with E-state index in [-0.39, 0.29) is 11.9 Å². The van der Waals surface area contributed by atoms with E-state index in [2.05, 4.69) is 4.90 Å². The van der Waals surface area contributed by atoms with Gasteiger partial charge in [-0.2, -0.15) is 0 Å². The van der Waals surface area contributed by atoms with E-state index in [9.17, 15) is 4.79 Å². The number of ether oxygens (including phenoxy) is 1. The summed E-state index contributed by atoms with van der Waals surface area (Å²) in [5.41, 5.74) is 0. The van der Waals surface area contributed by atoms with Crippen LogP contribution in [0, 0.1) is 0 Å². The predicted octanol–water partition coefficient (Wildman–Crippen LogP) is 1.11. The van der Waals surface area contributed by atoms with Crippen molar-refractivity contribution in [3.05, 3.63) is 0 Å². The fourth-order valence-corrected chi connectivity index (χ4v) is 2.66. The highest BCUT2D eigenvalue weighted by molar-refractivity contribution is 5.81. The molecule has 0 N–H and O–H groups in total. The van der Waals surface area contributed by atoms with Crippen molar-refractivity contribution in [3.8, 4) is 0 Å². The van der Waals surface area contributed by atoms with Gasteiger partial charge in [0.1, 0.15) is 0 Å². The fraction of sp³-hybridized carbons (Fsp3) is 0.923. The van der Waals surface area contributed by atoms with E-state index < -0.39 is 0 Å². The quantitative estimate of drug-likeness (QED) is 0.738. The summed E-state index contributed by atoms with van der Waals surface area (Å²) in [4.78, 5) is 16.3. The lowest BCUT2D eigenvalue weighted by molar-refractivity contribution is -0.135. The van der Waals surface area contributed by atoms with Gasteiger partial charge in [-0.3, -0.25) is 9.69 Å². The number of likely N-dealkylation sites (tertiary alicyclic amines) is 1. The van der Waals surface area contributed by atoms with Gasteiger partial charge in [-0.15, -0.1) is 0 Å². The van der Waals surface area contributed by atoms with Gasteiger partial charge in [0.15, 0.2) is 0 Å². The molecule has 0 unspecified atom stereocenters. The Morgan fingerprint density at radius 3 is 2.71 bits per heavy atom. The van der Waals surface area contributed by atoms with Gasteiger partial charge in [-0.05, 0) is 39.7 Å². The van der Waals surface area contributed by atoms with Gasteiger partial charge in [-0.25, -0.2) is 0 Å². The number of nitrogens with zero attached hydrogens (tertiary/aromatic N) is 2. The fourth-order valence-electron chi connectivity index (χ4n) is 2.66. The minimum absolute atomic E-state index is 0.0164. The molecule has 0 bridgehead atoms. The van der Waals surface area contributed by atoms with Crippen molar-refractivity contribution in [2.24, 2.45) is 0 Å². The van der Waals surface area contributed by atoms with Gasteiger partial charge in [0.25, 0.3) is 0 Å². The molecule has 2 fully saturated rings. The molecule has 0 aliphatic carbocycles. The topological polar surface area (TPSA) is 32.8 Å². The summed E-state index contributed by atoms with van der Waals surface area (Å²) < 4.78 is 5.61. The van der Waals surface area contributed by atoms with E-state index in [0.717, 1.165) is 51.9 Å². The number of hydrogen-bond donors (Lipinski definition) is 0. The first kappa shape index (κ1) is 12.8. The zero-order valence-corrected chi connectivity index (χ0v) is 11.0. The molecule has 0 spiro atoms. The van der Waals surface area contributed by atoms with Crippen molar-refractivity contribution in [3.63, 3.8) is 0 Å². The van der Waals surface area contributed by atoms with Crippen LogP contribution in [0.3, 0.4) is 0 Å². The SMILES string of the molecule is C[C@@H](C(=O)N1CCCC1)N(C)C[C@H]1CCCO1. The lowest BCUT2D eigenvalue weighted by atomic mass is 10.2. The summed E-state index contributed by atoms with van der Waals surface area (Å²) in [5.74, 6) is 0.281. The molecule has 2 atom stereocenters. The van der Waals surface area contributed by atoms with E-state index >= 15 is 0 Å². The second-order valence-electron chi connectivity index (χ2n) is 5.28. The van der Waals surface area contributed by atoms with Crippen LogP contribution in [0.15, 0.2) is 0 Å². The highest BCUT2D eigenvalue weighted by atomic mass is 16.5. The van der Waals surface area contributed by atoms with Crippen LogP contribution in [0.25, 0.3) is 0 Å². The van der Waals surface area contributed by atoms with Gasteiger partial charge in [-0.1, -0.05) is 0 Å². The first-order valence-electron chi connectivity index (χ1n) is 6.79.